The maximum Gasteiger partial charge on any atom is 0.221 e. The normalized spacial score (nSPS) is 15.0. The molecular formula is C17H22N4O3S. The molecule has 7 nitrogen and oxygen atoms in total. The SMILES string of the molecule is COc1ncnc2c1CN(c1ccc(S(=O)(=O)C(C)(C)C)nc1)CC2. The van der Waals surface area contributed by atoms with Crippen LogP contribution in [-0.4, -0.2) is 41.8 Å². The van der Waals surface area contributed by atoms with Crippen LogP contribution in [0.25, 0.3) is 0 Å². The molecule has 2 aromatic rings. The number of ether oxygens (including phenoxy) is 1. The zero-order valence-electron chi connectivity index (χ0n) is 14.9. The van der Waals surface area contributed by atoms with E-state index in [-0.39, 0.29) is 5.03 Å². The van der Waals surface area contributed by atoms with Gasteiger partial charge in [0, 0.05) is 13.0 Å². The van der Waals surface area contributed by atoms with Gasteiger partial charge in [-0.25, -0.2) is 23.4 Å². The molecule has 25 heavy (non-hydrogen) atoms. The number of methoxy groups -OCH3 is 1. The molecule has 0 aliphatic carbocycles. The van der Waals surface area contributed by atoms with Crippen LogP contribution in [0.15, 0.2) is 29.7 Å². The van der Waals surface area contributed by atoms with Gasteiger partial charge in [-0.3, -0.25) is 0 Å². The average Bonchev–Trinajstić information content (AvgIpc) is 2.60. The van der Waals surface area contributed by atoms with Gasteiger partial charge in [0.15, 0.2) is 14.9 Å². The molecular weight excluding hydrogens is 340 g/mol. The second-order valence-corrected chi connectivity index (χ2v) is 9.60. The van der Waals surface area contributed by atoms with Gasteiger partial charge < -0.3 is 9.64 Å². The van der Waals surface area contributed by atoms with Gasteiger partial charge in [0.1, 0.15) is 6.33 Å². The standard InChI is InChI=1S/C17H22N4O3S/c1-17(2,3)25(22,23)15-6-5-12(9-18-15)21-8-7-14-13(10-21)16(24-4)20-11-19-14/h5-6,9,11H,7-8,10H2,1-4H3. The topological polar surface area (TPSA) is 85.3 Å². The van der Waals surface area contributed by atoms with Crippen LogP contribution >= 0.6 is 0 Å². The maximum absolute atomic E-state index is 12.5. The Morgan fingerprint density at radius 2 is 1.92 bits per heavy atom. The molecule has 0 radical (unpaired) electrons. The van der Waals surface area contributed by atoms with Crippen LogP contribution in [0, 0.1) is 0 Å². The number of fused-ring (bicyclic) bond motifs is 1. The van der Waals surface area contributed by atoms with Crippen molar-refractivity contribution in [2.45, 2.75) is 43.5 Å². The van der Waals surface area contributed by atoms with Crippen LogP contribution in [0.1, 0.15) is 32.0 Å². The number of hydrogen-bond acceptors (Lipinski definition) is 7. The molecule has 134 valence electrons. The number of pyridine rings is 1. The molecule has 0 amide bonds. The van der Waals surface area contributed by atoms with E-state index in [2.05, 4.69) is 19.9 Å². The van der Waals surface area contributed by atoms with Crippen molar-refractivity contribution < 1.29 is 13.2 Å². The minimum Gasteiger partial charge on any atom is -0.481 e. The third-order valence-electron chi connectivity index (χ3n) is 4.32. The van der Waals surface area contributed by atoms with Crippen molar-refractivity contribution in [3.05, 3.63) is 35.9 Å². The Morgan fingerprint density at radius 3 is 2.52 bits per heavy atom. The number of anilines is 1. The summed E-state index contributed by atoms with van der Waals surface area (Å²) < 4.78 is 29.4. The molecule has 0 unspecified atom stereocenters. The molecule has 3 rings (SSSR count). The average molecular weight is 362 g/mol. The maximum atomic E-state index is 12.5. The second kappa shape index (κ2) is 6.25. The first-order valence-electron chi connectivity index (χ1n) is 8.06. The molecule has 1 aliphatic rings. The molecule has 1 aliphatic heterocycles. The van der Waals surface area contributed by atoms with Crippen LogP contribution in [0.4, 0.5) is 5.69 Å². The van der Waals surface area contributed by atoms with Crippen molar-refractivity contribution in [3.8, 4) is 5.88 Å². The highest BCUT2D eigenvalue weighted by molar-refractivity contribution is 7.92. The summed E-state index contributed by atoms with van der Waals surface area (Å²) in [5, 5.41) is 0.0991. The molecule has 0 spiro atoms. The highest BCUT2D eigenvalue weighted by Crippen LogP contribution is 2.29. The monoisotopic (exact) mass is 362 g/mol. The first-order valence-corrected chi connectivity index (χ1v) is 9.55. The van der Waals surface area contributed by atoms with Gasteiger partial charge in [0.05, 0.1) is 41.5 Å². The molecule has 8 heteroatoms. The Bertz CT molecular complexity index is 860. The van der Waals surface area contributed by atoms with Crippen LogP contribution in [0.3, 0.4) is 0 Å². The summed E-state index contributed by atoms with van der Waals surface area (Å²) in [7, 11) is -1.86. The minimum atomic E-state index is -3.45. The van der Waals surface area contributed by atoms with Crippen LogP contribution in [-0.2, 0) is 22.8 Å². The molecule has 0 saturated heterocycles. The summed E-state index contributed by atoms with van der Waals surface area (Å²) in [6.07, 6.45) is 3.90. The van der Waals surface area contributed by atoms with Crippen molar-refractivity contribution in [1.82, 2.24) is 15.0 Å². The zero-order valence-corrected chi connectivity index (χ0v) is 15.7. The van der Waals surface area contributed by atoms with E-state index >= 15 is 0 Å². The van der Waals surface area contributed by atoms with Crippen molar-refractivity contribution >= 4 is 15.5 Å². The lowest BCUT2D eigenvalue weighted by molar-refractivity contribution is 0.387. The molecule has 0 bridgehead atoms. The number of hydrogen-bond donors (Lipinski definition) is 0. The third-order valence-corrected chi connectivity index (χ3v) is 6.73. The molecule has 0 aromatic carbocycles. The number of sulfone groups is 1. The molecule has 0 fully saturated rings. The molecule has 0 saturated carbocycles. The lowest BCUT2D eigenvalue weighted by atomic mass is 10.1. The van der Waals surface area contributed by atoms with Gasteiger partial charge in [-0.15, -0.1) is 0 Å². The first kappa shape index (κ1) is 17.6. The van der Waals surface area contributed by atoms with E-state index < -0.39 is 14.6 Å². The summed E-state index contributed by atoms with van der Waals surface area (Å²) in [5.41, 5.74) is 2.81. The number of aromatic nitrogens is 3. The van der Waals surface area contributed by atoms with Crippen molar-refractivity contribution in [2.24, 2.45) is 0 Å². The number of nitrogens with zero attached hydrogens (tertiary/aromatic N) is 4. The highest BCUT2D eigenvalue weighted by Gasteiger charge is 2.32. The van der Waals surface area contributed by atoms with Crippen molar-refractivity contribution in [2.75, 3.05) is 18.6 Å². The summed E-state index contributed by atoms with van der Waals surface area (Å²) >= 11 is 0. The Labute approximate surface area is 148 Å². The largest absolute Gasteiger partial charge is 0.481 e. The molecule has 0 N–H and O–H groups in total. The predicted molar refractivity (Wildman–Crippen MR) is 94.5 cm³/mol. The Morgan fingerprint density at radius 1 is 1.16 bits per heavy atom. The third kappa shape index (κ3) is 3.18. The van der Waals surface area contributed by atoms with E-state index in [4.69, 9.17) is 4.74 Å². The summed E-state index contributed by atoms with van der Waals surface area (Å²) in [5.74, 6) is 0.578. The molecule has 0 atom stereocenters. The Balaban J connectivity index is 1.87. The lowest BCUT2D eigenvalue weighted by Crippen LogP contribution is -2.32. The second-order valence-electron chi connectivity index (χ2n) is 6.95. The predicted octanol–water partition coefficient (Wildman–Crippen LogP) is 2.02. The van der Waals surface area contributed by atoms with Gasteiger partial charge in [0.25, 0.3) is 0 Å². The van der Waals surface area contributed by atoms with Gasteiger partial charge in [0.2, 0.25) is 5.88 Å². The van der Waals surface area contributed by atoms with Crippen LogP contribution in [0.5, 0.6) is 5.88 Å². The van der Waals surface area contributed by atoms with Crippen molar-refractivity contribution in [1.29, 1.82) is 0 Å². The fraction of sp³-hybridized carbons (Fsp3) is 0.471. The summed E-state index contributed by atoms with van der Waals surface area (Å²) in [6.45, 7) is 6.40. The van der Waals surface area contributed by atoms with Crippen LogP contribution < -0.4 is 9.64 Å². The van der Waals surface area contributed by atoms with E-state index in [0.717, 1.165) is 29.9 Å². The number of rotatable bonds is 3. The highest BCUT2D eigenvalue weighted by atomic mass is 32.2. The summed E-state index contributed by atoms with van der Waals surface area (Å²) in [6, 6.07) is 3.37. The quantitative estimate of drug-likeness (QED) is 0.825. The minimum absolute atomic E-state index is 0.0991. The fourth-order valence-electron chi connectivity index (χ4n) is 2.74. The zero-order chi connectivity index (χ0) is 18.2. The summed E-state index contributed by atoms with van der Waals surface area (Å²) in [4.78, 5) is 14.8. The van der Waals surface area contributed by atoms with Gasteiger partial charge in [-0.1, -0.05) is 0 Å². The van der Waals surface area contributed by atoms with Crippen LogP contribution in [0.2, 0.25) is 0 Å². The Hall–Kier alpha value is -2.22. The molecule has 3 heterocycles. The van der Waals surface area contributed by atoms with Gasteiger partial charge in [-0.2, -0.15) is 0 Å². The van der Waals surface area contributed by atoms with E-state index in [9.17, 15) is 8.42 Å². The van der Waals surface area contributed by atoms with Crippen molar-refractivity contribution in [3.63, 3.8) is 0 Å². The fourth-order valence-corrected chi connectivity index (χ4v) is 3.81. The van der Waals surface area contributed by atoms with E-state index in [1.54, 1.807) is 46.2 Å². The Kier molecular flexibility index (Phi) is 4.40. The first-order chi connectivity index (χ1) is 11.7. The van der Waals surface area contributed by atoms with E-state index in [0.29, 0.717) is 12.4 Å². The van der Waals surface area contributed by atoms with E-state index in [1.807, 2.05) is 0 Å². The molecule has 2 aromatic heterocycles. The van der Waals surface area contributed by atoms with Gasteiger partial charge >= 0.3 is 0 Å². The van der Waals surface area contributed by atoms with Gasteiger partial charge in [-0.05, 0) is 32.9 Å². The lowest BCUT2D eigenvalue weighted by Gasteiger charge is -2.30. The smallest absolute Gasteiger partial charge is 0.221 e. The van der Waals surface area contributed by atoms with E-state index in [1.165, 1.54) is 6.33 Å².